The van der Waals surface area contributed by atoms with Gasteiger partial charge in [0.05, 0.1) is 0 Å². The van der Waals surface area contributed by atoms with E-state index in [0.717, 1.165) is 0 Å². The van der Waals surface area contributed by atoms with Crippen LogP contribution in [0, 0.1) is 11.0 Å². The van der Waals surface area contributed by atoms with Crippen LogP contribution in [-0.4, -0.2) is 4.98 Å². The zero-order valence-corrected chi connectivity index (χ0v) is 12.5. The monoisotopic (exact) mass is 350 g/mol. The third-order valence-corrected chi connectivity index (χ3v) is 3.30. The molecule has 0 aliphatic rings. The van der Waals surface area contributed by atoms with Crippen LogP contribution in [-0.2, 0) is 6.18 Å². The highest BCUT2D eigenvalue weighted by Crippen LogP contribution is 2.27. The molecule has 0 aliphatic carbocycles. The summed E-state index contributed by atoms with van der Waals surface area (Å²) in [5.41, 5.74) is -0.738. The van der Waals surface area contributed by atoms with Gasteiger partial charge in [-0.2, -0.15) is 13.2 Å². The van der Waals surface area contributed by atoms with E-state index in [-0.39, 0.29) is 16.2 Å². The molecule has 0 saturated carbocycles. The van der Waals surface area contributed by atoms with Gasteiger partial charge in [0, 0.05) is 11.6 Å². The van der Waals surface area contributed by atoms with Crippen LogP contribution in [0.2, 0.25) is 0 Å². The summed E-state index contributed by atoms with van der Waals surface area (Å²) in [5, 5.41) is 11.1. The van der Waals surface area contributed by atoms with E-state index in [1.807, 2.05) is 0 Å². The number of halogens is 4. The number of alkyl halides is 3. The van der Waals surface area contributed by atoms with Crippen LogP contribution in [0.5, 0.6) is 0 Å². The zero-order valence-electron chi connectivity index (χ0n) is 12.5. The Kier molecular flexibility index (Phi) is 4.26. The van der Waals surface area contributed by atoms with Crippen molar-refractivity contribution in [3.63, 3.8) is 0 Å². The molecule has 0 aliphatic heterocycles. The number of hydrogen-bond acceptors (Lipinski definition) is 3. The molecule has 3 rings (SSSR count). The fourth-order valence-electron chi connectivity index (χ4n) is 2.10. The number of benzene rings is 1. The first-order valence-corrected chi connectivity index (χ1v) is 7.03. The van der Waals surface area contributed by atoms with Gasteiger partial charge in [0.1, 0.15) is 17.3 Å². The lowest BCUT2D eigenvalue weighted by Gasteiger charge is -2.10. The normalized spacial score (nSPS) is 12.0. The van der Waals surface area contributed by atoms with Crippen molar-refractivity contribution >= 4 is 12.2 Å². The van der Waals surface area contributed by atoms with Gasteiger partial charge in [0.15, 0.2) is 5.69 Å². The molecule has 4 nitrogen and oxygen atoms in total. The first kappa shape index (κ1) is 16.7. The Balaban J connectivity index is 1.82. The van der Waals surface area contributed by atoms with Gasteiger partial charge in [-0.15, -0.1) is 0 Å². The third kappa shape index (κ3) is 3.85. The first-order valence-electron chi connectivity index (χ1n) is 7.03. The van der Waals surface area contributed by atoms with Crippen molar-refractivity contribution in [1.82, 2.24) is 4.98 Å². The summed E-state index contributed by atoms with van der Waals surface area (Å²) >= 11 is 0. The van der Waals surface area contributed by atoms with E-state index in [4.69, 9.17) is 4.42 Å². The lowest BCUT2D eigenvalue weighted by atomic mass is 10.2. The van der Waals surface area contributed by atoms with Crippen molar-refractivity contribution in [1.29, 1.82) is 0 Å². The van der Waals surface area contributed by atoms with Gasteiger partial charge in [0.25, 0.3) is 6.33 Å². The molecule has 25 heavy (non-hydrogen) atoms. The van der Waals surface area contributed by atoms with Crippen molar-refractivity contribution in [2.24, 2.45) is 0 Å². The summed E-state index contributed by atoms with van der Waals surface area (Å²) in [4.78, 5) is 3.62. The third-order valence-electron chi connectivity index (χ3n) is 3.30. The Morgan fingerprint density at radius 2 is 1.76 bits per heavy atom. The molecule has 2 aromatic heterocycles. The molecular weight excluding hydrogens is 340 g/mol. The Morgan fingerprint density at radius 3 is 2.44 bits per heavy atom. The van der Waals surface area contributed by atoms with E-state index in [0.29, 0.717) is 29.5 Å². The molecule has 2 heterocycles. The van der Waals surface area contributed by atoms with Crippen LogP contribution in [0.25, 0.3) is 23.5 Å². The van der Waals surface area contributed by atoms with E-state index < -0.39 is 11.9 Å². The molecule has 0 bridgehead atoms. The summed E-state index contributed by atoms with van der Waals surface area (Å²) in [6.45, 7) is 0. The second-order valence-corrected chi connectivity index (χ2v) is 5.06. The van der Waals surface area contributed by atoms with Crippen LogP contribution in [0.4, 0.5) is 17.6 Å². The summed E-state index contributed by atoms with van der Waals surface area (Å²) < 4.78 is 56.2. The molecule has 0 spiro atoms. The minimum Gasteiger partial charge on any atom is -0.711 e. The average Bonchev–Trinajstić information content (AvgIpc) is 3.02. The Labute approximate surface area is 139 Å². The molecule has 8 heteroatoms. The van der Waals surface area contributed by atoms with Crippen LogP contribution in [0.1, 0.15) is 17.1 Å². The van der Waals surface area contributed by atoms with Gasteiger partial charge in [-0.1, -0.05) is 0 Å². The van der Waals surface area contributed by atoms with Gasteiger partial charge in [-0.25, -0.2) is 9.12 Å². The fourth-order valence-corrected chi connectivity index (χ4v) is 2.10. The number of hydrogen-bond donors (Lipinski definition) is 0. The van der Waals surface area contributed by atoms with E-state index in [9.17, 15) is 22.8 Å². The molecule has 0 amide bonds. The van der Waals surface area contributed by atoms with Gasteiger partial charge < -0.3 is 9.62 Å². The largest absolute Gasteiger partial charge is 0.711 e. The van der Waals surface area contributed by atoms with Crippen molar-refractivity contribution in [3.8, 4) is 11.3 Å². The molecule has 0 saturated heterocycles. The predicted molar refractivity (Wildman–Crippen MR) is 81.2 cm³/mol. The van der Waals surface area contributed by atoms with Crippen LogP contribution in [0.15, 0.2) is 53.2 Å². The van der Waals surface area contributed by atoms with E-state index >= 15 is 0 Å². The number of rotatable bonds is 3. The topological polar surface area (TPSA) is 53.0 Å². The molecule has 1 aromatic carbocycles. The smallest absolute Gasteiger partial charge is 0.454 e. The van der Waals surface area contributed by atoms with Crippen molar-refractivity contribution in [2.45, 2.75) is 6.18 Å². The molecule has 3 aromatic rings. The highest BCUT2D eigenvalue weighted by Gasteiger charge is 2.37. The zero-order chi connectivity index (χ0) is 18.0. The lowest BCUT2D eigenvalue weighted by Crippen LogP contribution is -2.37. The number of furan rings is 1. The fraction of sp³-hybridized carbons (Fsp3) is 0.0588. The maximum absolute atomic E-state index is 12.9. The van der Waals surface area contributed by atoms with Crippen LogP contribution in [0.3, 0.4) is 0 Å². The summed E-state index contributed by atoms with van der Waals surface area (Å²) in [6, 6.07) is 9.57. The Bertz CT molecular complexity index is 915. The SMILES string of the molecule is [O-][n+]1cnc(C=Cc2ccc(-c3ccc(F)cc3)o2)cc1C(F)(F)F. The highest BCUT2D eigenvalue weighted by molar-refractivity contribution is 5.67. The van der Waals surface area contributed by atoms with Crippen molar-refractivity contribution < 1.29 is 26.7 Å². The van der Waals surface area contributed by atoms with Gasteiger partial charge >= 0.3 is 6.18 Å². The average molecular weight is 350 g/mol. The second kappa shape index (κ2) is 6.39. The van der Waals surface area contributed by atoms with E-state index in [1.165, 1.54) is 24.3 Å². The summed E-state index contributed by atoms with van der Waals surface area (Å²) in [7, 11) is 0. The van der Waals surface area contributed by atoms with Crippen LogP contribution < -0.4 is 4.73 Å². The Morgan fingerprint density at radius 1 is 1.04 bits per heavy atom. The second-order valence-electron chi connectivity index (χ2n) is 5.06. The van der Waals surface area contributed by atoms with Gasteiger partial charge in [0.2, 0.25) is 5.69 Å². The lowest BCUT2D eigenvalue weighted by molar-refractivity contribution is -0.632. The molecule has 0 fully saturated rings. The quantitative estimate of drug-likeness (QED) is 0.402. The molecule has 0 unspecified atom stereocenters. The van der Waals surface area contributed by atoms with Gasteiger partial charge in [-0.05, 0) is 53.5 Å². The van der Waals surface area contributed by atoms with Gasteiger partial charge in [-0.3, -0.25) is 0 Å². The molecule has 0 N–H and O–H groups in total. The Hall–Kier alpha value is -3.16. The molecule has 128 valence electrons. The molecular formula is C17H10F4N2O2. The predicted octanol–water partition coefficient (Wildman–Crippen LogP) is 4.30. The van der Waals surface area contributed by atoms with Crippen molar-refractivity contribution in [2.75, 3.05) is 0 Å². The highest BCUT2D eigenvalue weighted by atomic mass is 19.4. The standard InChI is InChI=1S/C17H10F4N2O2/c18-12-3-1-11(2-4-12)15-8-7-14(25-15)6-5-13-9-16(17(19,20)21)23(24)10-22-13/h1-10H. The molecule has 0 atom stereocenters. The summed E-state index contributed by atoms with van der Waals surface area (Å²) in [6.07, 6.45) is -1.50. The van der Waals surface area contributed by atoms with E-state index in [1.54, 1.807) is 24.3 Å². The van der Waals surface area contributed by atoms with Crippen LogP contribution >= 0.6 is 0 Å². The number of aromatic nitrogens is 2. The number of nitrogens with zero attached hydrogens (tertiary/aromatic N) is 2. The minimum absolute atomic E-state index is 0.0424. The van der Waals surface area contributed by atoms with E-state index in [2.05, 4.69) is 4.98 Å². The maximum Gasteiger partial charge on any atom is 0.454 e. The maximum atomic E-state index is 12.9. The first-order chi connectivity index (χ1) is 11.8. The van der Waals surface area contributed by atoms with Crippen molar-refractivity contribution in [3.05, 3.63) is 77.0 Å². The minimum atomic E-state index is -4.77. The summed E-state index contributed by atoms with van der Waals surface area (Å²) in [5.74, 6) is 0.476. The molecule has 0 radical (unpaired) electrons.